The van der Waals surface area contributed by atoms with Gasteiger partial charge in [-0.05, 0) is 30.8 Å². The summed E-state index contributed by atoms with van der Waals surface area (Å²) in [5.41, 5.74) is 1.92. The second-order valence-corrected chi connectivity index (χ2v) is 6.73. The fourth-order valence-corrected chi connectivity index (χ4v) is 2.31. The van der Waals surface area contributed by atoms with Crippen LogP contribution in [0.25, 0.3) is 0 Å². The Hall–Kier alpha value is -2.01. The minimum atomic E-state index is -1.11. The molecule has 0 fully saturated rings. The van der Waals surface area contributed by atoms with Crippen molar-refractivity contribution < 1.29 is 4.43 Å². The van der Waals surface area contributed by atoms with Crippen LogP contribution in [-0.2, 0) is 6.42 Å². The van der Waals surface area contributed by atoms with E-state index in [4.69, 9.17) is 4.43 Å². The van der Waals surface area contributed by atoms with Gasteiger partial charge in [-0.1, -0.05) is 12.1 Å². The maximum absolute atomic E-state index is 5.85. The Bertz CT molecular complexity index is 543. The fourth-order valence-electron chi connectivity index (χ4n) is 1.60. The van der Waals surface area contributed by atoms with Crippen LogP contribution in [0.2, 0.25) is 13.1 Å². The van der Waals surface area contributed by atoms with Gasteiger partial charge in [-0.25, -0.2) is 9.97 Å². The molecule has 0 aliphatic carbocycles. The molecule has 0 N–H and O–H groups in total. The summed E-state index contributed by atoms with van der Waals surface area (Å²) in [5.74, 6) is 0.865. The van der Waals surface area contributed by atoms with Gasteiger partial charge in [0, 0.05) is 25.0 Å². The van der Waals surface area contributed by atoms with Gasteiger partial charge in [0.2, 0.25) is 9.04 Å². The van der Waals surface area contributed by atoms with Crippen molar-refractivity contribution in [3.63, 3.8) is 0 Å². The SMILES string of the molecule is C[SiH](C)Oc1ccccc1N=CCc1cncnc1. The third-order valence-electron chi connectivity index (χ3n) is 2.40. The Morgan fingerprint density at radius 3 is 2.68 bits per heavy atom. The van der Waals surface area contributed by atoms with Crippen molar-refractivity contribution in [1.82, 2.24) is 9.97 Å². The molecule has 0 saturated heterocycles. The van der Waals surface area contributed by atoms with Crippen LogP contribution < -0.4 is 4.43 Å². The highest BCUT2D eigenvalue weighted by Gasteiger charge is 2.03. The minimum absolute atomic E-state index is 0.717. The molecule has 0 atom stereocenters. The molecule has 1 heterocycles. The van der Waals surface area contributed by atoms with Crippen molar-refractivity contribution >= 4 is 20.9 Å². The van der Waals surface area contributed by atoms with Crippen LogP contribution in [0.5, 0.6) is 5.75 Å². The first-order valence-corrected chi connectivity index (χ1v) is 9.06. The van der Waals surface area contributed by atoms with Gasteiger partial charge in [0.05, 0.1) is 0 Å². The van der Waals surface area contributed by atoms with Crippen molar-refractivity contribution in [1.29, 1.82) is 0 Å². The summed E-state index contributed by atoms with van der Waals surface area (Å²) in [7, 11) is -1.11. The van der Waals surface area contributed by atoms with E-state index in [-0.39, 0.29) is 0 Å². The molecule has 0 unspecified atom stereocenters. The van der Waals surface area contributed by atoms with Crippen molar-refractivity contribution in [2.75, 3.05) is 0 Å². The first-order valence-electron chi connectivity index (χ1n) is 6.28. The molecule has 98 valence electrons. The molecule has 1 aromatic heterocycles. The second-order valence-electron chi connectivity index (χ2n) is 4.40. The normalized spacial score (nSPS) is 11.1. The number of aromatic nitrogens is 2. The van der Waals surface area contributed by atoms with E-state index < -0.39 is 9.04 Å². The fraction of sp³-hybridized carbons (Fsp3) is 0.214. The lowest BCUT2D eigenvalue weighted by molar-refractivity contribution is 0.582. The third kappa shape index (κ3) is 4.29. The molecule has 0 aliphatic rings. The van der Waals surface area contributed by atoms with Crippen molar-refractivity contribution in [2.24, 2.45) is 4.99 Å². The first kappa shape index (κ1) is 13.4. The molecule has 0 radical (unpaired) electrons. The molecule has 5 heteroatoms. The van der Waals surface area contributed by atoms with Crippen LogP contribution in [-0.4, -0.2) is 25.2 Å². The zero-order valence-corrected chi connectivity index (χ0v) is 12.3. The van der Waals surface area contributed by atoms with E-state index in [0.29, 0.717) is 6.42 Å². The monoisotopic (exact) mass is 271 g/mol. The van der Waals surface area contributed by atoms with Gasteiger partial charge < -0.3 is 4.43 Å². The number of rotatable bonds is 5. The molecule has 0 amide bonds. The van der Waals surface area contributed by atoms with Gasteiger partial charge in [0.1, 0.15) is 17.8 Å². The Balaban J connectivity index is 2.06. The number of aliphatic imine (C=N–C) groups is 1. The Morgan fingerprint density at radius 1 is 1.21 bits per heavy atom. The van der Waals surface area contributed by atoms with E-state index in [9.17, 15) is 0 Å². The van der Waals surface area contributed by atoms with Gasteiger partial charge in [-0.15, -0.1) is 0 Å². The smallest absolute Gasteiger partial charge is 0.229 e. The number of benzene rings is 1. The van der Waals surface area contributed by atoms with Gasteiger partial charge in [0.25, 0.3) is 0 Å². The van der Waals surface area contributed by atoms with Crippen LogP contribution in [0.4, 0.5) is 5.69 Å². The zero-order valence-electron chi connectivity index (χ0n) is 11.2. The third-order valence-corrected chi connectivity index (χ3v) is 3.12. The summed E-state index contributed by atoms with van der Waals surface area (Å²) < 4.78 is 5.85. The predicted molar refractivity (Wildman–Crippen MR) is 79.8 cm³/mol. The van der Waals surface area contributed by atoms with Crippen LogP contribution >= 0.6 is 0 Å². The molecule has 4 nitrogen and oxygen atoms in total. The largest absolute Gasteiger partial charge is 0.546 e. The van der Waals surface area contributed by atoms with Crippen LogP contribution in [0.3, 0.4) is 0 Å². The maximum Gasteiger partial charge on any atom is 0.229 e. The number of para-hydroxylation sites is 2. The summed E-state index contributed by atoms with van der Waals surface area (Å²) in [6, 6.07) is 7.86. The molecule has 0 spiro atoms. The minimum Gasteiger partial charge on any atom is -0.546 e. The summed E-state index contributed by atoms with van der Waals surface area (Å²) >= 11 is 0. The van der Waals surface area contributed by atoms with Crippen LogP contribution in [0.1, 0.15) is 5.56 Å². The number of nitrogens with zero attached hydrogens (tertiary/aromatic N) is 3. The van der Waals surface area contributed by atoms with E-state index >= 15 is 0 Å². The predicted octanol–water partition coefficient (Wildman–Crippen LogP) is 2.78. The molecular formula is C14H17N3OSi. The van der Waals surface area contributed by atoms with Gasteiger partial charge in [-0.3, -0.25) is 4.99 Å². The highest BCUT2D eigenvalue weighted by molar-refractivity contribution is 6.49. The van der Waals surface area contributed by atoms with E-state index in [1.54, 1.807) is 12.4 Å². The van der Waals surface area contributed by atoms with Crippen molar-refractivity contribution in [2.45, 2.75) is 19.5 Å². The Labute approximate surface area is 114 Å². The zero-order chi connectivity index (χ0) is 13.5. The molecule has 2 rings (SSSR count). The lowest BCUT2D eigenvalue weighted by Crippen LogP contribution is -2.11. The van der Waals surface area contributed by atoms with E-state index in [1.807, 2.05) is 30.5 Å². The molecule has 0 aliphatic heterocycles. The topological polar surface area (TPSA) is 47.4 Å². The molecule has 0 saturated carbocycles. The molecular weight excluding hydrogens is 254 g/mol. The van der Waals surface area contributed by atoms with E-state index in [0.717, 1.165) is 17.0 Å². The van der Waals surface area contributed by atoms with Crippen molar-refractivity contribution in [3.05, 3.63) is 48.5 Å². The molecule has 2 aromatic rings. The number of hydrogen-bond donors (Lipinski definition) is 0. The number of hydrogen-bond acceptors (Lipinski definition) is 4. The Kier molecular flexibility index (Phi) is 4.80. The van der Waals surface area contributed by atoms with E-state index in [2.05, 4.69) is 28.1 Å². The average Bonchev–Trinajstić information content (AvgIpc) is 2.41. The Morgan fingerprint density at radius 2 is 1.95 bits per heavy atom. The second kappa shape index (κ2) is 6.80. The van der Waals surface area contributed by atoms with Gasteiger partial charge in [0.15, 0.2) is 0 Å². The van der Waals surface area contributed by atoms with Gasteiger partial charge >= 0.3 is 0 Å². The summed E-state index contributed by atoms with van der Waals surface area (Å²) in [4.78, 5) is 12.4. The molecule has 1 aromatic carbocycles. The highest BCUT2D eigenvalue weighted by atomic mass is 28.3. The standard InChI is InChI=1S/C14H17N3OSi/c1-19(2)18-14-6-4-3-5-13(14)17-8-7-12-9-15-11-16-10-12/h3-6,8-11,19H,7H2,1-2H3. The summed E-state index contributed by atoms with van der Waals surface area (Å²) in [6.07, 6.45) is 7.69. The van der Waals surface area contributed by atoms with Crippen molar-refractivity contribution in [3.8, 4) is 5.75 Å². The summed E-state index contributed by atoms with van der Waals surface area (Å²) in [6.45, 7) is 4.28. The average molecular weight is 271 g/mol. The lowest BCUT2D eigenvalue weighted by Gasteiger charge is -2.11. The van der Waals surface area contributed by atoms with Crippen LogP contribution in [0.15, 0.2) is 48.0 Å². The highest BCUT2D eigenvalue weighted by Crippen LogP contribution is 2.26. The lowest BCUT2D eigenvalue weighted by atomic mass is 10.2. The molecule has 0 bridgehead atoms. The quantitative estimate of drug-likeness (QED) is 0.620. The van der Waals surface area contributed by atoms with E-state index in [1.165, 1.54) is 6.33 Å². The van der Waals surface area contributed by atoms with Crippen LogP contribution in [0, 0.1) is 0 Å². The first-order chi connectivity index (χ1) is 9.25. The molecule has 19 heavy (non-hydrogen) atoms. The van der Waals surface area contributed by atoms with Gasteiger partial charge in [-0.2, -0.15) is 0 Å². The maximum atomic E-state index is 5.85. The summed E-state index contributed by atoms with van der Waals surface area (Å²) in [5, 5.41) is 0.